The number of nitrogens with zero attached hydrogens (tertiary/aromatic N) is 2. The van der Waals surface area contributed by atoms with Crippen LogP contribution in [0.2, 0.25) is 0 Å². The molecule has 0 saturated carbocycles. The second kappa shape index (κ2) is 7.60. The molecule has 0 bridgehead atoms. The van der Waals surface area contributed by atoms with E-state index in [9.17, 15) is 9.90 Å². The number of esters is 1. The highest BCUT2D eigenvalue weighted by Gasteiger charge is 2.19. The van der Waals surface area contributed by atoms with Crippen LogP contribution in [0.25, 0.3) is 0 Å². The smallest absolute Gasteiger partial charge is 0.306 e. The Balaban J connectivity index is 2.15. The van der Waals surface area contributed by atoms with Gasteiger partial charge in [0.2, 0.25) is 0 Å². The van der Waals surface area contributed by atoms with Gasteiger partial charge in [-0.1, -0.05) is 0 Å². The summed E-state index contributed by atoms with van der Waals surface area (Å²) < 4.78 is 4.59. The summed E-state index contributed by atoms with van der Waals surface area (Å²) in [6.45, 7) is 4.54. The Morgan fingerprint density at radius 2 is 1.88 bits per heavy atom. The quantitative estimate of drug-likeness (QED) is 0.557. The molecular weight excluding hydrogens is 224 g/mol. The van der Waals surface area contributed by atoms with Crippen molar-refractivity contribution in [3.8, 4) is 0 Å². The fourth-order valence-corrected chi connectivity index (χ4v) is 1.90. The van der Waals surface area contributed by atoms with Crippen LogP contribution in [0.15, 0.2) is 0 Å². The Hall–Kier alpha value is -0.690. The number of hydrogen-bond acceptors (Lipinski definition) is 6. The van der Waals surface area contributed by atoms with Gasteiger partial charge in [0.15, 0.2) is 0 Å². The Labute approximate surface area is 102 Å². The van der Waals surface area contributed by atoms with Crippen LogP contribution in [-0.4, -0.2) is 85.1 Å². The van der Waals surface area contributed by atoms with Crippen molar-refractivity contribution >= 4 is 5.97 Å². The highest BCUT2D eigenvalue weighted by molar-refractivity contribution is 5.69. The first-order valence-corrected chi connectivity index (χ1v) is 5.96. The second-order valence-corrected chi connectivity index (χ2v) is 4.30. The molecule has 6 nitrogen and oxygen atoms in total. The number of β-amino-alcohol motifs (C(OH)–C–C–N with tert-alkyl or cyclic N) is 1. The summed E-state index contributed by atoms with van der Waals surface area (Å²) in [6, 6.07) is 0. The summed E-state index contributed by atoms with van der Waals surface area (Å²) in [4.78, 5) is 15.3. The van der Waals surface area contributed by atoms with Gasteiger partial charge in [0.05, 0.1) is 26.2 Å². The van der Waals surface area contributed by atoms with Gasteiger partial charge in [0, 0.05) is 39.3 Å². The van der Waals surface area contributed by atoms with Gasteiger partial charge in [-0.3, -0.25) is 9.69 Å². The third-order valence-electron chi connectivity index (χ3n) is 3.00. The molecule has 100 valence electrons. The van der Waals surface area contributed by atoms with Crippen LogP contribution in [0.5, 0.6) is 0 Å². The number of ether oxygens (including phenoxy) is 1. The molecule has 17 heavy (non-hydrogen) atoms. The molecule has 1 aliphatic heterocycles. The number of carbonyl (C=O) groups excluding carboxylic acids is 1. The fourth-order valence-electron chi connectivity index (χ4n) is 1.90. The molecule has 0 aromatic carbocycles. The molecule has 1 atom stereocenters. The average Bonchev–Trinajstić information content (AvgIpc) is 2.37. The number of methoxy groups -OCH3 is 1. The van der Waals surface area contributed by atoms with Gasteiger partial charge < -0.3 is 19.8 Å². The lowest BCUT2D eigenvalue weighted by Crippen LogP contribution is -2.49. The van der Waals surface area contributed by atoms with E-state index in [1.54, 1.807) is 0 Å². The highest BCUT2D eigenvalue weighted by atomic mass is 16.5. The van der Waals surface area contributed by atoms with E-state index in [-0.39, 0.29) is 12.6 Å². The lowest BCUT2D eigenvalue weighted by Gasteiger charge is -2.35. The van der Waals surface area contributed by atoms with E-state index in [0.717, 1.165) is 32.7 Å². The molecule has 0 spiro atoms. The Morgan fingerprint density at radius 3 is 2.41 bits per heavy atom. The summed E-state index contributed by atoms with van der Waals surface area (Å²) in [5, 5.41) is 18.1. The van der Waals surface area contributed by atoms with Crippen molar-refractivity contribution in [1.29, 1.82) is 0 Å². The first-order valence-electron chi connectivity index (χ1n) is 5.96. The summed E-state index contributed by atoms with van der Waals surface area (Å²) in [5.41, 5.74) is 0. The van der Waals surface area contributed by atoms with E-state index in [1.165, 1.54) is 7.11 Å². The number of piperazine rings is 1. The van der Waals surface area contributed by atoms with Gasteiger partial charge in [0.25, 0.3) is 0 Å². The molecule has 1 rings (SSSR count). The van der Waals surface area contributed by atoms with Crippen molar-refractivity contribution in [3.63, 3.8) is 0 Å². The van der Waals surface area contributed by atoms with Crippen molar-refractivity contribution < 1.29 is 19.7 Å². The minimum Gasteiger partial charge on any atom is -0.469 e. The first-order chi connectivity index (χ1) is 8.15. The molecule has 0 aliphatic carbocycles. The normalized spacial score (nSPS) is 20.2. The van der Waals surface area contributed by atoms with Gasteiger partial charge in [-0.05, 0) is 0 Å². The molecule has 1 fully saturated rings. The van der Waals surface area contributed by atoms with Crippen molar-refractivity contribution in [2.45, 2.75) is 12.5 Å². The van der Waals surface area contributed by atoms with Gasteiger partial charge in [0.1, 0.15) is 0 Å². The predicted octanol–water partition coefficient (Wildman–Crippen LogP) is -1.48. The Morgan fingerprint density at radius 1 is 1.29 bits per heavy atom. The second-order valence-electron chi connectivity index (χ2n) is 4.30. The number of aliphatic hydroxyl groups is 2. The summed E-state index contributed by atoms with van der Waals surface area (Å²) >= 11 is 0. The predicted molar refractivity (Wildman–Crippen MR) is 62.6 cm³/mol. The molecule has 1 aliphatic rings. The van der Waals surface area contributed by atoms with Crippen LogP contribution < -0.4 is 0 Å². The van der Waals surface area contributed by atoms with Crippen LogP contribution in [0, 0.1) is 0 Å². The molecule has 1 unspecified atom stereocenters. The third kappa shape index (κ3) is 5.45. The molecule has 0 aromatic rings. The van der Waals surface area contributed by atoms with Crippen molar-refractivity contribution in [2.75, 3.05) is 53.0 Å². The molecule has 0 aromatic heterocycles. The summed E-state index contributed by atoms with van der Waals surface area (Å²) in [7, 11) is 1.40. The number of hydrogen-bond donors (Lipinski definition) is 2. The topological polar surface area (TPSA) is 73.2 Å². The van der Waals surface area contributed by atoms with Crippen molar-refractivity contribution in [3.05, 3.63) is 0 Å². The van der Waals surface area contributed by atoms with Crippen molar-refractivity contribution in [2.24, 2.45) is 0 Å². The molecular formula is C11H22N2O4. The Kier molecular flexibility index (Phi) is 6.43. The number of aliphatic hydroxyl groups excluding tert-OH is 2. The maximum absolute atomic E-state index is 11.0. The van der Waals surface area contributed by atoms with Gasteiger partial charge in [-0.15, -0.1) is 0 Å². The molecule has 6 heteroatoms. The average molecular weight is 246 g/mol. The molecule has 1 heterocycles. The molecule has 0 radical (unpaired) electrons. The zero-order valence-electron chi connectivity index (χ0n) is 10.3. The van der Waals surface area contributed by atoms with Crippen LogP contribution >= 0.6 is 0 Å². The van der Waals surface area contributed by atoms with E-state index >= 15 is 0 Å². The van der Waals surface area contributed by atoms with Crippen LogP contribution in [0.1, 0.15) is 6.42 Å². The monoisotopic (exact) mass is 246 g/mol. The van der Waals surface area contributed by atoms with Gasteiger partial charge in [-0.2, -0.15) is 0 Å². The first kappa shape index (κ1) is 14.4. The fraction of sp³-hybridized carbons (Fsp3) is 0.909. The Bertz CT molecular complexity index is 230. The van der Waals surface area contributed by atoms with Crippen LogP contribution in [0.3, 0.4) is 0 Å². The van der Waals surface area contributed by atoms with E-state index in [4.69, 9.17) is 5.11 Å². The highest BCUT2D eigenvalue weighted by Crippen LogP contribution is 2.03. The SMILES string of the molecule is COC(=O)CCN1CCN(CC(O)CO)CC1. The summed E-state index contributed by atoms with van der Waals surface area (Å²) in [5.74, 6) is -0.178. The number of carbonyl (C=O) groups is 1. The van der Waals surface area contributed by atoms with Gasteiger partial charge >= 0.3 is 5.97 Å². The minimum absolute atomic E-state index is 0.178. The molecule has 0 amide bonds. The van der Waals surface area contributed by atoms with Crippen molar-refractivity contribution in [1.82, 2.24) is 9.80 Å². The molecule has 2 N–H and O–H groups in total. The lowest BCUT2D eigenvalue weighted by atomic mass is 10.2. The maximum atomic E-state index is 11.0. The zero-order chi connectivity index (χ0) is 12.7. The molecule has 1 saturated heterocycles. The standard InChI is InChI=1S/C11H22N2O4/c1-17-11(16)2-3-12-4-6-13(7-5-12)8-10(15)9-14/h10,14-15H,2-9H2,1H3. The van der Waals surface area contributed by atoms with Crippen LogP contribution in [-0.2, 0) is 9.53 Å². The zero-order valence-corrected chi connectivity index (χ0v) is 10.3. The van der Waals surface area contributed by atoms with E-state index in [1.807, 2.05) is 0 Å². The summed E-state index contributed by atoms with van der Waals surface area (Å²) in [6.07, 6.45) is -0.230. The minimum atomic E-state index is -0.656. The number of rotatable bonds is 6. The van der Waals surface area contributed by atoms with E-state index < -0.39 is 6.10 Å². The maximum Gasteiger partial charge on any atom is 0.306 e. The van der Waals surface area contributed by atoms with E-state index in [2.05, 4.69) is 14.5 Å². The van der Waals surface area contributed by atoms with Gasteiger partial charge in [-0.25, -0.2) is 0 Å². The largest absolute Gasteiger partial charge is 0.469 e. The van der Waals surface area contributed by atoms with Crippen LogP contribution in [0.4, 0.5) is 0 Å². The third-order valence-corrected chi connectivity index (χ3v) is 3.00. The van der Waals surface area contributed by atoms with E-state index in [0.29, 0.717) is 13.0 Å². The lowest BCUT2D eigenvalue weighted by molar-refractivity contribution is -0.141.